The highest BCUT2D eigenvalue weighted by molar-refractivity contribution is 6.35. The molecule has 80 valence electrons. The van der Waals surface area contributed by atoms with Crippen LogP contribution >= 0.6 is 23.2 Å². The highest BCUT2D eigenvalue weighted by Gasteiger charge is 2.08. The SMILES string of the molecule is COc1c(Cl)cc(Cl)cc1C=C(C#N)C#N. The second-order valence-electron chi connectivity index (χ2n) is 2.79. The van der Waals surface area contributed by atoms with Gasteiger partial charge >= 0.3 is 0 Å². The first kappa shape index (κ1) is 12.4. The predicted molar refractivity (Wildman–Crippen MR) is 62.2 cm³/mol. The fourth-order valence-electron chi connectivity index (χ4n) is 1.15. The van der Waals surface area contributed by atoms with Crippen molar-refractivity contribution in [2.45, 2.75) is 0 Å². The highest BCUT2D eigenvalue weighted by atomic mass is 35.5. The Hall–Kier alpha value is -1.68. The first-order valence-electron chi connectivity index (χ1n) is 4.17. The van der Waals surface area contributed by atoms with Gasteiger partial charge in [0.15, 0.2) is 0 Å². The third-order valence-electron chi connectivity index (χ3n) is 1.78. The summed E-state index contributed by atoms with van der Waals surface area (Å²) in [5, 5.41) is 18.0. The molecule has 0 saturated carbocycles. The molecule has 1 aromatic carbocycles. The molecule has 0 N–H and O–H groups in total. The van der Waals surface area contributed by atoms with Gasteiger partial charge in [-0.15, -0.1) is 0 Å². The lowest BCUT2D eigenvalue weighted by Crippen LogP contribution is -1.89. The fourth-order valence-corrected chi connectivity index (χ4v) is 1.73. The molecule has 1 aromatic rings. The van der Waals surface area contributed by atoms with Crippen LogP contribution < -0.4 is 4.74 Å². The Morgan fingerprint density at radius 2 is 1.94 bits per heavy atom. The average Bonchev–Trinajstić information content (AvgIpc) is 2.25. The molecular formula is C11H6Cl2N2O. The molecule has 0 aliphatic carbocycles. The summed E-state index contributed by atoms with van der Waals surface area (Å²) >= 11 is 11.7. The van der Waals surface area contributed by atoms with Crippen molar-refractivity contribution < 1.29 is 4.74 Å². The highest BCUT2D eigenvalue weighted by Crippen LogP contribution is 2.33. The molecule has 0 aliphatic heterocycles. The van der Waals surface area contributed by atoms with E-state index in [9.17, 15) is 0 Å². The number of hydrogen-bond acceptors (Lipinski definition) is 3. The monoisotopic (exact) mass is 252 g/mol. The van der Waals surface area contributed by atoms with Crippen molar-refractivity contribution in [3.05, 3.63) is 33.3 Å². The van der Waals surface area contributed by atoms with Crippen LogP contribution in [0.25, 0.3) is 6.08 Å². The summed E-state index contributed by atoms with van der Waals surface area (Å²) in [6.45, 7) is 0. The molecule has 0 unspecified atom stereocenters. The van der Waals surface area contributed by atoms with Crippen LogP contribution in [0, 0.1) is 22.7 Å². The molecule has 3 nitrogen and oxygen atoms in total. The Balaban J connectivity index is 3.40. The number of halogens is 2. The number of methoxy groups -OCH3 is 1. The molecule has 0 amide bonds. The van der Waals surface area contributed by atoms with Crippen LogP contribution in [-0.4, -0.2) is 7.11 Å². The Labute approximate surface area is 103 Å². The zero-order valence-electron chi connectivity index (χ0n) is 8.29. The van der Waals surface area contributed by atoms with E-state index in [1.807, 2.05) is 0 Å². The lowest BCUT2D eigenvalue weighted by molar-refractivity contribution is 0.414. The van der Waals surface area contributed by atoms with Crippen molar-refractivity contribution in [1.29, 1.82) is 10.5 Å². The molecular weight excluding hydrogens is 247 g/mol. The molecule has 5 heteroatoms. The maximum Gasteiger partial charge on any atom is 0.144 e. The summed E-state index contributed by atoms with van der Waals surface area (Å²) < 4.78 is 5.07. The average molecular weight is 253 g/mol. The second-order valence-corrected chi connectivity index (χ2v) is 3.64. The van der Waals surface area contributed by atoms with Crippen LogP contribution in [0.15, 0.2) is 17.7 Å². The molecule has 16 heavy (non-hydrogen) atoms. The van der Waals surface area contributed by atoms with E-state index in [1.54, 1.807) is 18.2 Å². The van der Waals surface area contributed by atoms with Gasteiger partial charge in [0, 0.05) is 10.6 Å². The molecule has 0 radical (unpaired) electrons. The molecule has 0 bridgehead atoms. The third-order valence-corrected chi connectivity index (χ3v) is 2.28. The maximum atomic E-state index is 8.64. The lowest BCUT2D eigenvalue weighted by atomic mass is 10.1. The van der Waals surface area contributed by atoms with Crippen molar-refractivity contribution in [1.82, 2.24) is 0 Å². The van der Waals surface area contributed by atoms with Gasteiger partial charge < -0.3 is 4.74 Å². The van der Waals surface area contributed by atoms with Crippen molar-refractivity contribution in [3.8, 4) is 17.9 Å². The smallest absolute Gasteiger partial charge is 0.144 e. The molecule has 0 atom stereocenters. The van der Waals surface area contributed by atoms with Crippen molar-refractivity contribution >= 4 is 29.3 Å². The van der Waals surface area contributed by atoms with Gasteiger partial charge in [-0.05, 0) is 18.2 Å². The van der Waals surface area contributed by atoms with Gasteiger partial charge in [-0.25, -0.2) is 0 Å². The number of benzene rings is 1. The summed E-state index contributed by atoms with van der Waals surface area (Å²) in [5.41, 5.74) is 0.453. The topological polar surface area (TPSA) is 56.8 Å². The van der Waals surface area contributed by atoms with E-state index in [1.165, 1.54) is 19.3 Å². The molecule has 0 spiro atoms. The van der Waals surface area contributed by atoms with E-state index in [-0.39, 0.29) is 5.57 Å². The Kier molecular flexibility index (Phi) is 4.19. The first-order valence-corrected chi connectivity index (χ1v) is 4.93. The molecule has 0 fully saturated rings. The maximum absolute atomic E-state index is 8.64. The number of rotatable bonds is 2. The molecule has 1 rings (SSSR count). The van der Waals surface area contributed by atoms with Crippen molar-refractivity contribution in [3.63, 3.8) is 0 Å². The minimum atomic E-state index is -0.0448. The number of nitrogens with zero attached hydrogens (tertiary/aromatic N) is 2. The normalized spacial score (nSPS) is 8.81. The van der Waals surface area contributed by atoms with E-state index in [0.717, 1.165) is 0 Å². The van der Waals surface area contributed by atoms with Crippen LogP contribution in [0.5, 0.6) is 5.75 Å². The number of hydrogen-bond donors (Lipinski definition) is 0. The van der Waals surface area contributed by atoms with E-state index in [2.05, 4.69) is 0 Å². The van der Waals surface area contributed by atoms with Crippen LogP contribution in [-0.2, 0) is 0 Å². The molecule has 0 heterocycles. The number of allylic oxidation sites excluding steroid dienone is 1. The Morgan fingerprint density at radius 1 is 1.31 bits per heavy atom. The molecule has 0 aliphatic rings. The summed E-state index contributed by atoms with van der Waals surface area (Å²) in [6.07, 6.45) is 1.37. The van der Waals surface area contributed by atoms with Gasteiger partial charge in [0.25, 0.3) is 0 Å². The summed E-state index contributed by atoms with van der Waals surface area (Å²) in [5.74, 6) is 0.383. The molecule has 0 aromatic heterocycles. The fraction of sp³-hybridized carbons (Fsp3) is 0.0909. The largest absolute Gasteiger partial charge is 0.495 e. The minimum Gasteiger partial charge on any atom is -0.495 e. The Morgan fingerprint density at radius 3 is 2.44 bits per heavy atom. The predicted octanol–water partition coefficient (Wildman–Crippen LogP) is 3.43. The summed E-state index contributed by atoms with van der Waals surface area (Å²) in [4.78, 5) is 0. The molecule has 0 saturated heterocycles. The summed E-state index contributed by atoms with van der Waals surface area (Å²) in [6, 6.07) is 6.59. The van der Waals surface area contributed by atoms with E-state index in [0.29, 0.717) is 21.4 Å². The van der Waals surface area contributed by atoms with E-state index < -0.39 is 0 Å². The van der Waals surface area contributed by atoms with Crippen LogP contribution in [0.3, 0.4) is 0 Å². The Bertz CT molecular complexity index is 508. The van der Waals surface area contributed by atoms with Crippen LogP contribution in [0.1, 0.15) is 5.56 Å². The van der Waals surface area contributed by atoms with Gasteiger partial charge in [-0.1, -0.05) is 23.2 Å². The minimum absolute atomic E-state index is 0.0448. The zero-order valence-corrected chi connectivity index (χ0v) is 9.80. The quantitative estimate of drug-likeness (QED) is 0.758. The van der Waals surface area contributed by atoms with Crippen LogP contribution in [0.4, 0.5) is 0 Å². The second kappa shape index (κ2) is 5.42. The lowest BCUT2D eigenvalue weighted by Gasteiger charge is -2.07. The number of ether oxygens (including phenoxy) is 1. The van der Waals surface area contributed by atoms with Crippen molar-refractivity contribution in [2.24, 2.45) is 0 Å². The van der Waals surface area contributed by atoms with Gasteiger partial charge in [0.05, 0.1) is 12.1 Å². The first-order chi connectivity index (χ1) is 7.62. The van der Waals surface area contributed by atoms with E-state index >= 15 is 0 Å². The van der Waals surface area contributed by atoms with E-state index in [4.69, 9.17) is 38.5 Å². The third kappa shape index (κ3) is 2.67. The van der Waals surface area contributed by atoms with Gasteiger partial charge in [-0.2, -0.15) is 10.5 Å². The van der Waals surface area contributed by atoms with Gasteiger partial charge in [-0.3, -0.25) is 0 Å². The standard InChI is InChI=1S/C11H6Cl2N2O/c1-16-11-8(2-7(5-14)6-15)3-9(12)4-10(11)13/h2-4H,1H3. The zero-order chi connectivity index (χ0) is 12.1. The van der Waals surface area contributed by atoms with Gasteiger partial charge in [0.2, 0.25) is 0 Å². The van der Waals surface area contributed by atoms with Crippen molar-refractivity contribution in [2.75, 3.05) is 7.11 Å². The summed E-state index contributed by atoms with van der Waals surface area (Å²) in [7, 11) is 1.45. The van der Waals surface area contributed by atoms with Crippen LogP contribution in [0.2, 0.25) is 10.0 Å². The van der Waals surface area contributed by atoms with Gasteiger partial charge in [0.1, 0.15) is 23.5 Å². The number of nitriles is 2.